The molecule has 7 nitrogen and oxygen atoms in total. The molecular formula is C48H83NO6. The average molecular weight is 770 g/mol. The van der Waals surface area contributed by atoms with Gasteiger partial charge < -0.3 is 19.1 Å². The third-order valence-electron chi connectivity index (χ3n) is 10.2. The van der Waals surface area contributed by atoms with Gasteiger partial charge in [-0.1, -0.05) is 127 Å². The Hall–Kier alpha value is -2.83. The van der Waals surface area contributed by atoms with Crippen molar-refractivity contribution in [1.82, 2.24) is 4.90 Å². The monoisotopic (exact) mass is 770 g/mol. The Morgan fingerprint density at radius 2 is 0.891 bits per heavy atom. The predicted octanol–water partition coefficient (Wildman–Crippen LogP) is 13.7. The number of piperidine rings is 1. The van der Waals surface area contributed by atoms with Gasteiger partial charge in [0.15, 0.2) is 0 Å². The molecule has 0 aromatic rings. The quantitative estimate of drug-likeness (QED) is 0.0293. The minimum atomic E-state index is -0.569. The second-order valence-corrected chi connectivity index (χ2v) is 16.8. The number of esters is 2. The normalized spacial score (nSPS) is 14.8. The van der Waals surface area contributed by atoms with Gasteiger partial charge in [-0.05, 0) is 111 Å². The second-order valence-electron chi connectivity index (χ2n) is 16.8. The zero-order chi connectivity index (χ0) is 40.3. The summed E-state index contributed by atoms with van der Waals surface area (Å²) < 4.78 is 17.2. The Bertz CT molecular complexity index is 1030. The van der Waals surface area contributed by atoms with Crippen LogP contribution in [0.2, 0.25) is 0 Å². The standard InChI is InChI=1S/C48H83NO6/c1-6-8-10-12-14-16-18-20-22-24-26-28-30-32-34-36-44(50)53-42-48(38-40-49(41-39-48)46(52)55-47(3,4)5)43-54-45(51)37-35-33-31-29-27-25-23-21-19-17-15-13-11-9-7-2/h14-17,20-23H,6-13,18-19,24-43H2,1-5H3/b16-14-,17-15-,22-20-,23-21-. The molecule has 1 amide bonds. The topological polar surface area (TPSA) is 82.1 Å². The molecule has 55 heavy (non-hydrogen) atoms. The summed E-state index contributed by atoms with van der Waals surface area (Å²) in [6.45, 7) is 11.4. The maximum absolute atomic E-state index is 12.8. The maximum atomic E-state index is 12.8. The molecule has 0 spiro atoms. The van der Waals surface area contributed by atoms with Gasteiger partial charge in [-0.2, -0.15) is 0 Å². The van der Waals surface area contributed by atoms with Crippen LogP contribution in [0.1, 0.15) is 202 Å². The van der Waals surface area contributed by atoms with Crippen molar-refractivity contribution in [1.29, 1.82) is 0 Å². The maximum Gasteiger partial charge on any atom is 0.410 e. The molecule has 0 aliphatic carbocycles. The summed E-state index contributed by atoms with van der Waals surface area (Å²) >= 11 is 0. The smallest absolute Gasteiger partial charge is 0.410 e. The van der Waals surface area contributed by atoms with Crippen LogP contribution in [0.25, 0.3) is 0 Å². The van der Waals surface area contributed by atoms with E-state index in [4.69, 9.17) is 14.2 Å². The molecule has 1 heterocycles. The van der Waals surface area contributed by atoms with Gasteiger partial charge in [0.05, 0.1) is 0 Å². The number of rotatable bonds is 32. The van der Waals surface area contributed by atoms with Gasteiger partial charge in [0.2, 0.25) is 0 Å². The van der Waals surface area contributed by atoms with Crippen molar-refractivity contribution in [2.75, 3.05) is 26.3 Å². The summed E-state index contributed by atoms with van der Waals surface area (Å²) in [5.74, 6) is -0.396. The van der Waals surface area contributed by atoms with Gasteiger partial charge in [-0.3, -0.25) is 9.59 Å². The van der Waals surface area contributed by atoms with Crippen molar-refractivity contribution in [2.24, 2.45) is 5.41 Å². The van der Waals surface area contributed by atoms with E-state index in [0.29, 0.717) is 38.8 Å². The number of carbonyl (C=O) groups excluding carboxylic acids is 3. The fourth-order valence-electron chi connectivity index (χ4n) is 6.59. The Kier molecular flexibility index (Phi) is 30.4. The number of unbranched alkanes of at least 4 members (excludes halogenated alkanes) is 16. The van der Waals surface area contributed by atoms with Crippen molar-refractivity contribution >= 4 is 18.0 Å². The summed E-state index contributed by atoms with van der Waals surface area (Å²) in [6, 6.07) is 0. The first-order chi connectivity index (χ1) is 26.6. The third-order valence-corrected chi connectivity index (χ3v) is 10.2. The van der Waals surface area contributed by atoms with Crippen LogP contribution in [0, 0.1) is 5.41 Å². The van der Waals surface area contributed by atoms with E-state index in [1.54, 1.807) is 4.90 Å². The lowest BCUT2D eigenvalue weighted by atomic mass is 9.80. The minimum absolute atomic E-state index is 0.198. The minimum Gasteiger partial charge on any atom is -0.465 e. The summed E-state index contributed by atoms with van der Waals surface area (Å²) in [5, 5.41) is 0. The summed E-state index contributed by atoms with van der Waals surface area (Å²) in [4.78, 5) is 39.9. The van der Waals surface area contributed by atoms with Crippen molar-refractivity contribution in [3.8, 4) is 0 Å². The number of carbonyl (C=O) groups is 3. The van der Waals surface area contributed by atoms with E-state index in [1.165, 1.54) is 77.0 Å². The molecule has 0 radical (unpaired) electrons. The van der Waals surface area contributed by atoms with Crippen LogP contribution in [0.4, 0.5) is 4.79 Å². The number of amides is 1. The van der Waals surface area contributed by atoms with Crippen LogP contribution in [0.15, 0.2) is 48.6 Å². The van der Waals surface area contributed by atoms with E-state index in [-0.39, 0.29) is 31.2 Å². The van der Waals surface area contributed by atoms with Crippen molar-refractivity contribution < 1.29 is 28.6 Å². The average Bonchev–Trinajstić information content (AvgIpc) is 3.16. The number of hydrogen-bond donors (Lipinski definition) is 0. The molecule has 0 N–H and O–H groups in total. The fraction of sp³-hybridized carbons (Fsp3) is 0.771. The summed E-state index contributed by atoms with van der Waals surface area (Å²) in [5.41, 5.74) is -1.07. The highest BCUT2D eigenvalue weighted by Crippen LogP contribution is 2.33. The molecule has 1 fully saturated rings. The molecule has 7 heteroatoms. The molecule has 0 aromatic heterocycles. The van der Waals surface area contributed by atoms with Crippen molar-refractivity contribution in [2.45, 2.75) is 207 Å². The Morgan fingerprint density at radius 3 is 1.27 bits per heavy atom. The van der Waals surface area contributed by atoms with Gasteiger partial charge in [-0.15, -0.1) is 0 Å². The molecule has 0 unspecified atom stereocenters. The van der Waals surface area contributed by atoms with E-state index in [9.17, 15) is 14.4 Å². The largest absolute Gasteiger partial charge is 0.465 e. The Balaban J connectivity index is 2.36. The first-order valence-electron chi connectivity index (χ1n) is 22.5. The first-order valence-corrected chi connectivity index (χ1v) is 22.5. The van der Waals surface area contributed by atoms with Gasteiger partial charge in [0, 0.05) is 31.3 Å². The zero-order valence-corrected chi connectivity index (χ0v) is 36.2. The number of ether oxygens (including phenoxy) is 3. The molecule has 1 aliphatic rings. The van der Waals surface area contributed by atoms with Gasteiger partial charge in [-0.25, -0.2) is 4.79 Å². The molecule has 0 atom stereocenters. The SMILES string of the molecule is CCCCC/C=C\C/C=C\CCCCCCCC(=O)OCC1(COC(=O)CCCCCCC/C=C\C/C=C\CCCCC)CCN(C(=O)OC(C)(C)C)CC1. The second kappa shape index (κ2) is 33.3. The lowest BCUT2D eigenvalue weighted by Crippen LogP contribution is -2.48. The van der Waals surface area contributed by atoms with E-state index < -0.39 is 11.0 Å². The van der Waals surface area contributed by atoms with Gasteiger partial charge in [0.1, 0.15) is 18.8 Å². The number of hydrogen-bond acceptors (Lipinski definition) is 6. The third kappa shape index (κ3) is 30.0. The number of nitrogens with zero attached hydrogens (tertiary/aromatic N) is 1. The molecule has 0 aromatic carbocycles. The van der Waals surface area contributed by atoms with Crippen LogP contribution >= 0.6 is 0 Å². The highest BCUT2D eigenvalue weighted by atomic mass is 16.6. The fourth-order valence-corrected chi connectivity index (χ4v) is 6.59. The van der Waals surface area contributed by atoms with Crippen LogP contribution in [-0.2, 0) is 23.8 Å². The van der Waals surface area contributed by atoms with Crippen LogP contribution < -0.4 is 0 Å². The zero-order valence-electron chi connectivity index (χ0n) is 36.2. The molecule has 0 saturated carbocycles. The molecular weight excluding hydrogens is 687 g/mol. The summed E-state index contributed by atoms with van der Waals surface area (Å²) in [7, 11) is 0. The molecule has 1 saturated heterocycles. The molecule has 0 bridgehead atoms. The lowest BCUT2D eigenvalue weighted by Gasteiger charge is -2.41. The van der Waals surface area contributed by atoms with E-state index in [2.05, 4.69) is 62.5 Å². The van der Waals surface area contributed by atoms with Crippen LogP contribution in [0.3, 0.4) is 0 Å². The predicted molar refractivity (Wildman–Crippen MR) is 230 cm³/mol. The van der Waals surface area contributed by atoms with Gasteiger partial charge in [0.25, 0.3) is 0 Å². The number of allylic oxidation sites excluding steroid dienone is 8. The Labute approximate surface area is 338 Å². The van der Waals surface area contributed by atoms with E-state index >= 15 is 0 Å². The molecule has 1 rings (SSSR count). The van der Waals surface area contributed by atoms with Crippen LogP contribution in [-0.4, -0.2) is 54.8 Å². The van der Waals surface area contributed by atoms with Gasteiger partial charge >= 0.3 is 18.0 Å². The van der Waals surface area contributed by atoms with Crippen molar-refractivity contribution in [3.05, 3.63) is 48.6 Å². The Morgan fingerprint density at radius 1 is 0.527 bits per heavy atom. The van der Waals surface area contributed by atoms with Crippen molar-refractivity contribution in [3.63, 3.8) is 0 Å². The molecule has 316 valence electrons. The van der Waals surface area contributed by atoms with E-state index in [1.807, 2.05) is 20.8 Å². The number of likely N-dealkylation sites (tertiary alicyclic amines) is 1. The highest BCUT2D eigenvalue weighted by molar-refractivity contribution is 5.70. The van der Waals surface area contributed by atoms with E-state index in [0.717, 1.165) is 64.2 Å². The van der Waals surface area contributed by atoms with Crippen LogP contribution in [0.5, 0.6) is 0 Å². The first kappa shape index (κ1) is 50.2. The lowest BCUT2D eigenvalue weighted by molar-refractivity contribution is -0.157. The summed E-state index contributed by atoms with van der Waals surface area (Å²) in [6.07, 6.45) is 44.9. The highest BCUT2D eigenvalue weighted by Gasteiger charge is 2.39. The molecule has 1 aliphatic heterocycles.